The molecule has 0 bridgehead atoms. The minimum Gasteiger partial charge on any atom is -0.367 e. The second-order valence-electron chi connectivity index (χ2n) is 8.13. The van der Waals surface area contributed by atoms with Crippen LogP contribution in [-0.2, 0) is 13.1 Å². The number of carbonyl (C=O) groups excluding carboxylic acids is 1. The lowest BCUT2D eigenvalue weighted by Gasteiger charge is -2.36. The van der Waals surface area contributed by atoms with Crippen molar-refractivity contribution in [2.45, 2.75) is 26.9 Å². The summed E-state index contributed by atoms with van der Waals surface area (Å²) in [5, 5.41) is 3.41. The molecule has 10 heteroatoms. The minimum atomic E-state index is -0.383. The molecule has 0 unspecified atom stereocenters. The number of aryl methyl sites for hydroxylation is 1. The summed E-state index contributed by atoms with van der Waals surface area (Å²) in [6, 6.07) is 7.43. The van der Waals surface area contributed by atoms with Gasteiger partial charge < -0.3 is 15.2 Å². The van der Waals surface area contributed by atoms with E-state index in [0.717, 1.165) is 49.7 Å². The summed E-state index contributed by atoms with van der Waals surface area (Å²) >= 11 is 6.31. The molecule has 0 radical (unpaired) electrons. The number of aromatic amines is 1. The first-order chi connectivity index (χ1) is 15.8. The molecule has 2 N–H and O–H groups in total. The maximum absolute atomic E-state index is 12.5. The number of anilines is 1. The van der Waals surface area contributed by atoms with Crippen LogP contribution in [-0.4, -0.2) is 58.6 Å². The molecule has 0 aliphatic carbocycles. The second kappa shape index (κ2) is 9.36. The largest absolute Gasteiger partial charge is 0.367 e. The molecule has 1 amide bonds. The molecule has 0 spiro atoms. The Bertz CT molecular complexity index is 1320. The molecular weight excluding hydrogens is 444 g/mol. The monoisotopic (exact) mass is 470 g/mol. The highest BCUT2D eigenvalue weighted by atomic mass is 35.5. The van der Waals surface area contributed by atoms with Gasteiger partial charge in [-0.15, -0.1) is 0 Å². The number of carbonyl (C=O) groups is 1. The fraction of sp³-hybridized carbons (Fsp3) is 0.391. The molecule has 3 aromatic rings. The second-order valence-corrected chi connectivity index (χ2v) is 8.53. The van der Waals surface area contributed by atoms with Crippen LogP contribution in [0.15, 0.2) is 33.9 Å². The first kappa shape index (κ1) is 23.0. The predicted octanol–water partition coefficient (Wildman–Crippen LogP) is 1.75. The molecule has 1 saturated heterocycles. The van der Waals surface area contributed by atoms with E-state index in [4.69, 9.17) is 11.6 Å². The van der Waals surface area contributed by atoms with E-state index in [9.17, 15) is 14.4 Å². The van der Waals surface area contributed by atoms with Crippen LogP contribution >= 0.6 is 11.6 Å². The molecule has 1 fully saturated rings. The Morgan fingerprint density at radius 3 is 2.58 bits per heavy atom. The molecule has 9 nitrogen and oxygen atoms in total. The van der Waals surface area contributed by atoms with Gasteiger partial charge in [0.2, 0.25) is 0 Å². The van der Waals surface area contributed by atoms with Crippen molar-refractivity contribution in [3.05, 3.63) is 67.1 Å². The van der Waals surface area contributed by atoms with Crippen LogP contribution in [0, 0.1) is 6.92 Å². The first-order valence-electron chi connectivity index (χ1n) is 10.9. The zero-order chi connectivity index (χ0) is 23.7. The number of amides is 1. The quantitative estimate of drug-likeness (QED) is 0.589. The molecule has 2 aromatic heterocycles. The van der Waals surface area contributed by atoms with Gasteiger partial charge in [0.1, 0.15) is 5.69 Å². The number of piperazine rings is 1. The van der Waals surface area contributed by atoms with E-state index in [0.29, 0.717) is 22.5 Å². The highest BCUT2D eigenvalue weighted by Crippen LogP contribution is 2.26. The molecule has 174 valence electrons. The molecular formula is C23H27ClN6O3. The molecule has 0 saturated carbocycles. The lowest BCUT2D eigenvalue weighted by molar-refractivity contribution is 0.0958. The Morgan fingerprint density at radius 2 is 1.91 bits per heavy atom. The number of hydrogen-bond donors (Lipinski definition) is 2. The van der Waals surface area contributed by atoms with Crippen LogP contribution in [0.4, 0.5) is 5.69 Å². The van der Waals surface area contributed by atoms with Gasteiger partial charge in [-0.05, 0) is 37.6 Å². The summed E-state index contributed by atoms with van der Waals surface area (Å²) in [4.78, 5) is 48.3. The van der Waals surface area contributed by atoms with E-state index >= 15 is 0 Å². The third-order valence-corrected chi connectivity index (χ3v) is 6.35. The Kier molecular flexibility index (Phi) is 6.53. The van der Waals surface area contributed by atoms with E-state index in [1.807, 2.05) is 25.1 Å². The molecule has 0 atom stereocenters. The summed E-state index contributed by atoms with van der Waals surface area (Å²) in [6.45, 7) is 7.97. The van der Waals surface area contributed by atoms with Crippen LogP contribution in [0.5, 0.6) is 0 Å². The van der Waals surface area contributed by atoms with E-state index in [-0.39, 0.29) is 22.9 Å². The summed E-state index contributed by atoms with van der Waals surface area (Å²) < 4.78 is 1.20. The van der Waals surface area contributed by atoms with Crippen molar-refractivity contribution in [1.82, 2.24) is 24.8 Å². The SMILES string of the molecule is CCn1c(=O)[nH]c2cc(CN3CCN(c4cc(Cl)c(C(=O)NC)nc4C)CC3)ccc2c1=O. The van der Waals surface area contributed by atoms with Crippen LogP contribution in [0.3, 0.4) is 0 Å². The van der Waals surface area contributed by atoms with Crippen molar-refractivity contribution in [1.29, 1.82) is 0 Å². The fourth-order valence-corrected chi connectivity index (χ4v) is 4.49. The van der Waals surface area contributed by atoms with Gasteiger partial charge in [0.15, 0.2) is 0 Å². The third-order valence-electron chi connectivity index (χ3n) is 6.06. The van der Waals surface area contributed by atoms with Crippen molar-refractivity contribution in [2.24, 2.45) is 0 Å². The van der Waals surface area contributed by atoms with Crippen LogP contribution in [0.25, 0.3) is 10.9 Å². The van der Waals surface area contributed by atoms with Crippen molar-refractivity contribution in [3.63, 3.8) is 0 Å². The van der Waals surface area contributed by atoms with Gasteiger partial charge >= 0.3 is 5.69 Å². The lowest BCUT2D eigenvalue weighted by atomic mass is 10.1. The number of halogens is 1. The number of benzene rings is 1. The maximum atomic E-state index is 12.5. The number of H-pyrrole nitrogens is 1. The zero-order valence-corrected chi connectivity index (χ0v) is 19.7. The molecule has 1 aliphatic rings. The summed E-state index contributed by atoms with van der Waals surface area (Å²) in [6.07, 6.45) is 0. The minimum absolute atomic E-state index is 0.235. The Morgan fingerprint density at radius 1 is 1.18 bits per heavy atom. The van der Waals surface area contributed by atoms with Gasteiger partial charge in [-0.2, -0.15) is 0 Å². The van der Waals surface area contributed by atoms with Gasteiger partial charge in [-0.3, -0.25) is 19.1 Å². The average Bonchev–Trinajstić information content (AvgIpc) is 2.80. The number of aromatic nitrogens is 3. The average molecular weight is 471 g/mol. The van der Waals surface area contributed by atoms with Gasteiger partial charge in [-0.1, -0.05) is 17.7 Å². The van der Waals surface area contributed by atoms with Crippen molar-refractivity contribution < 1.29 is 4.79 Å². The van der Waals surface area contributed by atoms with Crippen LogP contribution in [0.1, 0.15) is 28.7 Å². The van der Waals surface area contributed by atoms with Gasteiger partial charge in [-0.25, -0.2) is 9.78 Å². The maximum Gasteiger partial charge on any atom is 0.328 e. The number of nitrogens with zero attached hydrogens (tertiary/aromatic N) is 4. The normalized spacial score (nSPS) is 14.6. The van der Waals surface area contributed by atoms with E-state index in [1.54, 1.807) is 20.0 Å². The standard InChI is InChI=1S/C23H27ClN6O3/c1-4-30-22(32)16-6-5-15(11-18(16)27-23(30)33)13-28-7-9-29(10-8-28)19-12-17(24)20(21(31)25-3)26-14(19)2/h5-6,11-12H,4,7-10,13H2,1-3H3,(H,25,31)(H,27,33). The fourth-order valence-electron chi connectivity index (χ4n) is 4.26. The molecule has 33 heavy (non-hydrogen) atoms. The predicted molar refractivity (Wildman–Crippen MR) is 129 cm³/mol. The van der Waals surface area contributed by atoms with Gasteiger partial charge in [0, 0.05) is 46.3 Å². The molecule has 4 rings (SSSR count). The number of nitrogens with one attached hydrogen (secondary N) is 2. The third kappa shape index (κ3) is 4.51. The van der Waals surface area contributed by atoms with Crippen molar-refractivity contribution >= 4 is 34.1 Å². The topological polar surface area (TPSA) is 103 Å². The van der Waals surface area contributed by atoms with E-state index < -0.39 is 0 Å². The Labute approximate surface area is 196 Å². The van der Waals surface area contributed by atoms with Crippen LogP contribution in [0.2, 0.25) is 5.02 Å². The summed E-state index contributed by atoms with van der Waals surface area (Å²) in [5.41, 5.74) is 2.89. The zero-order valence-electron chi connectivity index (χ0n) is 18.9. The summed E-state index contributed by atoms with van der Waals surface area (Å²) in [7, 11) is 1.55. The molecule has 1 aliphatic heterocycles. The van der Waals surface area contributed by atoms with Gasteiger partial charge in [0.05, 0.1) is 27.3 Å². The highest BCUT2D eigenvalue weighted by Gasteiger charge is 2.22. The van der Waals surface area contributed by atoms with Crippen molar-refractivity contribution in [3.8, 4) is 0 Å². The number of pyridine rings is 1. The van der Waals surface area contributed by atoms with E-state index in [1.165, 1.54) is 4.57 Å². The number of rotatable bonds is 5. The summed E-state index contributed by atoms with van der Waals surface area (Å²) in [5.74, 6) is -0.301. The first-order valence-corrected chi connectivity index (χ1v) is 11.3. The van der Waals surface area contributed by atoms with E-state index in [2.05, 4.69) is 25.1 Å². The number of fused-ring (bicyclic) bond motifs is 1. The van der Waals surface area contributed by atoms with Gasteiger partial charge in [0.25, 0.3) is 11.5 Å². The van der Waals surface area contributed by atoms with Crippen molar-refractivity contribution in [2.75, 3.05) is 38.1 Å². The Hall–Kier alpha value is -3.17. The van der Waals surface area contributed by atoms with Crippen LogP contribution < -0.4 is 21.5 Å². The molecule has 3 heterocycles. The molecule has 1 aromatic carbocycles. The smallest absolute Gasteiger partial charge is 0.328 e. The Balaban J connectivity index is 1.46. The lowest BCUT2D eigenvalue weighted by Crippen LogP contribution is -2.46. The highest BCUT2D eigenvalue weighted by molar-refractivity contribution is 6.33. The number of hydrogen-bond acceptors (Lipinski definition) is 6.